The van der Waals surface area contributed by atoms with Crippen LogP contribution in [0.5, 0.6) is 0 Å². The van der Waals surface area contributed by atoms with Crippen LogP contribution >= 0.6 is 11.6 Å². The Kier molecular flexibility index (Phi) is 4.83. The van der Waals surface area contributed by atoms with Gasteiger partial charge < -0.3 is 4.90 Å². The molecule has 0 bridgehead atoms. The normalized spacial score (nSPS) is 18.4. The first-order valence-corrected chi connectivity index (χ1v) is 7.26. The van der Waals surface area contributed by atoms with Crippen molar-refractivity contribution in [3.63, 3.8) is 0 Å². The predicted octanol–water partition coefficient (Wildman–Crippen LogP) is 3.00. The van der Waals surface area contributed by atoms with E-state index in [-0.39, 0.29) is 18.0 Å². The summed E-state index contributed by atoms with van der Waals surface area (Å²) in [5.74, 6) is 0.200. The largest absolute Gasteiger partial charge is 0.341 e. The Balaban J connectivity index is 1.94. The molecule has 1 N–H and O–H groups in total. The van der Waals surface area contributed by atoms with Crippen molar-refractivity contribution in [2.45, 2.75) is 38.8 Å². The van der Waals surface area contributed by atoms with Crippen LogP contribution < -0.4 is 5.32 Å². The van der Waals surface area contributed by atoms with Crippen molar-refractivity contribution < 1.29 is 4.79 Å². The molecule has 1 saturated heterocycles. The summed E-state index contributed by atoms with van der Waals surface area (Å²) in [5, 5.41) is 4.08. The first-order chi connectivity index (χ1) is 9.08. The third-order valence-corrected chi connectivity index (χ3v) is 3.87. The summed E-state index contributed by atoms with van der Waals surface area (Å²) in [6.07, 6.45) is 2.25. The highest BCUT2D eigenvalue weighted by Crippen LogP contribution is 2.18. The number of carbonyl (C=O) groups is 1. The zero-order chi connectivity index (χ0) is 13.8. The van der Waals surface area contributed by atoms with Gasteiger partial charge >= 0.3 is 0 Å². The van der Waals surface area contributed by atoms with Crippen LogP contribution in [0.15, 0.2) is 24.3 Å². The maximum Gasteiger partial charge on any atom is 0.239 e. The Morgan fingerprint density at radius 3 is 2.63 bits per heavy atom. The van der Waals surface area contributed by atoms with Crippen molar-refractivity contribution >= 4 is 17.5 Å². The van der Waals surface area contributed by atoms with Crippen molar-refractivity contribution in [2.75, 3.05) is 13.1 Å². The molecule has 104 valence electrons. The van der Waals surface area contributed by atoms with Gasteiger partial charge in [-0.2, -0.15) is 0 Å². The standard InChI is InChI=1S/C15H21ClN2O/c1-11(13-6-5-7-14(16)10-13)17-12(2)15(19)18-8-3-4-9-18/h5-7,10-12,17H,3-4,8-9H2,1-2H3/t11-,12?/m1/s1. The van der Waals surface area contributed by atoms with Gasteiger partial charge in [-0.15, -0.1) is 0 Å². The van der Waals surface area contributed by atoms with E-state index in [1.165, 1.54) is 0 Å². The highest BCUT2D eigenvalue weighted by molar-refractivity contribution is 6.30. The molecule has 1 aromatic carbocycles. The van der Waals surface area contributed by atoms with E-state index in [0.29, 0.717) is 0 Å². The molecule has 1 unspecified atom stereocenters. The molecule has 0 radical (unpaired) electrons. The molecule has 2 atom stereocenters. The minimum absolute atomic E-state index is 0.111. The lowest BCUT2D eigenvalue weighted by molar-refractivity contribution is -0.132. The number of nitrogens with one attached hydrogen (secondary N) is 1. The van der Waals surface area contributed by atoms with Crippen LogP contribution in [0.25, 0.3) is 0 Å². The summed E-state index contributed by atoms with van der Waals surface area (Å²) in [7, 11) is 0. The van der Waals surface area contributed by atoms with Crippen LogP contribution in [0.2, 0.25) is 5.02 Å². The van der Waals surface area contributed by atoms with E-state index in [9.17, 15) is 4.79 Å². The third-order valence-electron chi connectivity index (χ3n) is 3.64. The molecule has 2 rings (SSSR count). The fourth-order valence-corrected chi connectivity index (χ4v) is 2.73. The molecule has 4 heteroatoms. The van der Waals surface area contributed by atoms with Crippen molar-refractivity contribution in [3.05, 3.63) is 34.9 Å². The van der Waals surface area contributed by atoms with Gasteiger partial charge in [0.1, 0.15) is 0 Å². The van der Waals surface area contributed by atoms with Crippen LogP contribution in [0.4, 0.5) is 0 Å². The van der Waals surface area contributed by atoms with Crippen LogP contribution in [0.1, 0.15) is 38.3 Å². The Labute approximate surface area is 119 Å². The van der Waals surface area contributed by atoms with Crippen molar-refractivity contribution in [1.29, 1.82) is 0 Å². The van der Waals surface area contributed by atoms with Gasteiger partial charge in [0.25, 0.3) is 0 Å². The number of amides is 1. The Hall–Kier alpha value is -1.06. The van der Waals surface area contributed by atoms with E-state index in [0.717, 1.165) is 36.5 Å². The number of halogens is 1. The Morgan fingerprint density at radius 1 is 1.32 bits per heavy atom. The number of carbonyl (C=O) groups excluding carboxylic acids is 1. The highest BCUT2D eigenvalue weighted by Gasteiger charge is 2.24. The quantitative estimate of drug-likeness (QED) is 0.920. The van der Waals surface area contributed by atoms with Gasteiger partial charge in [0.2, 0.25) is 5.91 Å². The van der Waals surface area contributed by atoms with Crippen LogP contribution in [0, 0.1) is 0 Å². The smallest absolute Gasteiger partial charge is 0.239 e. The molecule has 1 heterocycles. The van der Waals surface area contributed by atoms with Crippen molar-refractivity contribution in [3.8, 4) is 0 Å². The third kappa shape index (κ3) is 3.71. The molecule has 0 aromatic heterocycles. The van der Waals surface area contributed by atoms with Gasteiger partial charge in [-0.25, -0.2) is 0 Å². The average Bonchev–Trinajstić information content (AvgIpc) is 2.91. The summed E-state index contributed by atoms with van der Waals surface area (Å²) in [5.41, 5.74) is 1.11. The monoisotopic (exact) mass is 280 g/mol. The highest BCUT2D eigenvalue weighted by atomic mass is 35.5. The van der Waals surface area contributed by atoms with Gasteiger partial charge in [-0.3, -0.25) is 10.1 Å². The second kappa shape index (κ2) is 6.40. The number of hydrogen-bond acceptors (Lipinski definition) is 2. The van der Waals surface area contributed by atoms with Gasteiger partial charge in [-0.05, 0) is 44.4 Å². The Bertz CT molecular complexity index is 444. The number of hydrogen-bond donors (Lipinski definition) is 1. The van der Waals surface area contributed by atoms with Crippen molar-refractivity contribution in [2.24, 2.45) is 0 Å². The number of rotatable bonds is 4. The summed E-state index contributed by atoms with van der Waals surface area (Å²) < 4.78 is 0. The van der Waals surface area contributed by atoms with Gasteiger partial charge in [0.05, 0.1) is 6.04 Å². The topological polar surface area (TPSA) is 32.3 Å². The van der Waals surface area contributed by atoms with E-state index in [4.69, 9.17) is 11.6 Å². The molecule has 3 nitrogen and oxygen atoms in total. The lowest BCUT2D eigenvalue weighted by Crippen LogP contribution is -2.44. The van der Waals surface area contributed by atoms with E-state index >= 15 is 0 Å². The molecule has 1 aliphatic rings. The minimum Gasteiger partial charge on any atom is -0.341 e. The maximum atomic E-state index is 12.2. The second-order valence-electron chi connectivity index (χ2n) is 5.20. The first kappa shape index (κ1) is 14.4. The minimum atomic E-state index is -0.160. The van der Waals surface area contributed by atoms with E-state index in [1.54, 1.807) is 0 Å². The molecule has 1 amide bonds. The van der Waals surface area contributed by atoms with Crippen LogP contribution in [0.3, 0.4) is 0 Å². The fourth-order valence-electron chi connectivity index (χ4n) is 2.53. The van der Waals surface area contributed by atoms with E-state index in [2.05, 4.69) is 12.2 Å². The lowest BCUT2D eigenvalue weighted by Gasteiger charge is -2.24. The molecule has 0 aliphatic carbocycles. The maximum absolute atomic E-state index is 12.2. The van der Waals surface area contributed by atoms with Gasteiger partial charge in [0, 0.05) is 24.2 Å². The molecular formula is C15H21ClN2O. The molecule has 1 aliphatic heterocycles. The zero-order valence-corrected chi connectivity index (χ0v) is 12.3. The lowest BCUT2D eigenvalue weighted by atomic mass is 10.1. The Morgan fingerprint density at radius 2 is 2.00 bits per heavy atom. The number of nitrogens with zero attached hydrogens (tertiary/aromatic N) is 1. The molecule has 0 saturated carbocycles. The van der Waals surface area contributed by atoms with Crippen molar-refractivity contribution in [1.82, 2.24) is 10.2 Å². The fraction of sp³-hybridized carbons (Fsp3) is 0.533. The van der Waals surface area contributed by atoms with Gasteiger partial charge in [0.15, 0.2) is 0 Å². The molecule has 19 heavy (non-hydrogen) atoms. The number of benzene rings is 1. The first-order valence-electron chi connectivity index (χ1n) is 6.88. The average molecular weight is 281 g/mol. The summed E-state index contributed by atoms with van der Waals surface area (Å²) in [6, 6.07) is 7.70. The zero-order valence-electron chi connectivity index (χ0n) is 11.5. The molecule has 0 spiro atoms. The van der Waals surface area contributed by atoms with Crippen LogP contribution in [-0.2, 0) is 4.79 Å². The SMILES string of the molecule is CC(N[C@H](C)c1cccc(Cl)c1)C(=O)N1CCCC1. The summed E-state index contributed by atoms with van der Waals surface area (Å²) in [6.45, 7) is 5.79. The van der Waals surface area contributed by atoms with E-state index < -0.39 is 0 Å². The second-order valence-corrected chi connectivity index (χ2v) is 5.63. The summed E-state index contributed by atoms with van der Waals surface area (Å²) in [4.78, 5) is 14.2. The van der Waals surface area contributed by atoms with Gasteiger partial charge in [-0.1, -0.05) is 23.7 Å². The number of likely N-dealkylation sites (tertiary alicyclic amines) is 1. The molecular weight excluding hydrogens is 260 g/mol. The van der Waals surface area contributed by atoms with E-state index in [1.807, 2.05) is 36.1 Å². The molecule has 1 fully saturated rings. The predicted molar refractivity (Wildman–Crippen MR) is 78.3 cm³/mol. The van der Waals surface area contributed by atoms with Crippen LogP contribution in [-0.4, -0.2) is 29.9 Å². The summed E-state index contributed by atoms with van der Waals surface area (Å²) >= 11 is 5.99. The molecule has 1 aromatic rings.